The van der Waals surface area contributed by atoms with E-state index in [0.29, 0.717) is 63.8 Å². The van der Waals surface area contributed by atoms with Crippen LogP contribution in [0, 0.1) is 0 Å². The molecule has 1 aliphatic heterocycles. The monoisotopic (exact) mass is 534 g/mol. The zero-order valence-corrected chi connectivity index (χ0v) is 21.3. The normalized spacial score (nSPS) is 12.6. The van der Waals surface area contributed by atoms with Crippen LogP contribution in [0.5, 0.6) is 0 Å². The Morgan fingerprint density at radius 1 is 1.03 bits per heavy atom. The van der Waals surface area contributed by atoms with E-state index in [0.717, 1.165) is 5.56 Å². The maximum atomic E-state index is 13.8. The van der Waals surface area contributed by atoms with Gasteiger partial charge in [-0.05, 0) is 48.0 Å². The molecule has 188 valence electrons. The molecule has 0 fully saturated rings. The van der Waals surface area contributed by atoms with Crippen LogP contribution in [0.4, 0.5) is 22.1 Å². The lowest BCUT2D eigenvalue weighted by Crippen LogP contribution is -2.43. The number of anilines is 3. The number of carbonyl (C=O) groups is 1. The molecule has 4 N–H and O–H groups in total. The second-order valence-electron chi connectivity index (χ2n) is 8.66. The van der Waals surface area contributed by atoms with Crippen LogP contribution in [0.1, 0.15) is 16.8 Å². The molecule has 3 aromatic carbocycles. The van der Waals surface area contributed by atoms with Crippen molar-refractivity contribution in [3.63, 3.8) is 0 Å². The zero-order valence-electron chi connectivity index (χ0n) is 19.7. The number of hydrogen-bond acceptors (Lipinski definition) is 5. The SMILES string of the molecule is Nc1cccc(CNc2nc3c(c(=O)n2-c2ccccc2)CN(C(=O)Nc2ccc(Cl)cc2Cl)CC3)c1. The Hall–Kier alpha value is -4.01. The van der Waals surface area contributed by atoms with E-state index < -0.39 is 0 Å². The Labute approximate surface area is 223 Å². The molecule has 4 aromatic rings. The number of nitrogen functional groups attached to an aromatic ring is 1. The van der Waals surface area contributed by atoms with E-state index in [2.05, 4.69) is 10.6 Å². The first-order valence-electron chi connectivity index (χ1n) is 11.7. The molecule has 5 rings (SSSR count). The summed E-state index contributed by atoms with van der Waals surface area (Å²) in [5.41, 5.74) is 9.58. The third-order valence-electron chi connectivity index (χ3n) is 6.11. The maximum absolute atomic E-state index is 13.8. The number of hydrogen-bond donors (Lipinski definition) is 3. The Morgan fingerprint density at radius 2 is 1.84 bits per heavy atom. The number of amides is 2. The Kier molecular flexibility index (Phi) is 7.03. The fraction of sp³-hybridized carbons (Fsp3) is 0.148. The third-order valence-corrected chi connectivity index (χ3v) is 6.65. The van der Waals surface area contributed by atoms with Crippen molar-refractivity contribution >= 4 is 46.6 Å². The summed E-state index contributed by atoms with van der Waals surface area (Å²) in [5, 5.41) is 6.91. The van der Waals surface area contributed by atoms with Gasteiger partial charge in [0.2, 0.25) is 5.95 Å². The topological polar surface area (TPSA) is 105 Å². The number of rotatable bonds is 5. The Morgan fingerprint density at radius 3 is 2.59 bits per heavy atom. The van der Waals surface area contributed by atoms with Gasteiger partial charge in [0.1, 0.15) is 0 Å². The molecule has 8 nitrogen and oxygen atoms in total. The minimum Gasteiger partial charge on any atom is -0.399 e. The number of nitrogens with two attached hydrogens (primary N) is 1. The van der Waals surface area contributed by atoms with E-state index in [1.54, 1.807) is 27.7 Å². The molecule has 0 spiro atoms. The van der Waals surface area contributed by atoms with Crippen molar-refractivity contribution in [2.24, 2.45) is 0 Å². The molecule has 2 heterocycles. The van der Waals surface area contributed by atoms with E-state index in [9.17, 15) is 9.59 Å². The predicted octanol–water partition coefficient (Wildman–Crippen LogP) is 5.32. The first kappa shape index (κ1) is 24.7. The van der Waals surface area contributed by atoms with Crippen LogP contribution in [0.15, 0.2) is 77.6 Å². The molecule has 0 saturated carbocycles. The Balaban J connectivity index is 1.45. The number of nitrogens with zero attached hydrogens (tertiary/aromatic N) is 3. The van der Waals surface area contributed by atoms with Gasteiger partial charge in [0.15, 0.2) is 0 Å². The van der Waals surface area contributed by atoms with Gasteiger partial charge in [0, 0.05) is 30.2 Å². The maximum Gasteiger partial charge on any atom is 0.322 e. The molecule has 0 saturated heterocycles. The summed E-state index contributed by atoms with van der Waals surface area (Å²) in [7, 11) is 0. The lowest BCUT2D eigenvalue weighted by molar-refractivity contribution is 0.205. The second-order valence-corrected chi connectivity index (χ2v) is 9.50. The molecule has 0 radical (unpaired) electrons. The van der Waals surface area contributed by atoms with Crippen molar-refractivity contribution in [1.82, 2.24) is 14.5 Å². The van der Waals surface area contributed by atoms with Crippen LogP contribution >= 0.6 is 23.2 Å². The summed E-state index contributed by atoms with van der Waals surface area (Å²) >= 11 is 12.2. The highest BCUT2D eigenvalue weighted by molar-refractivity contribution is 6.36. The molecule has 2 amide bonds. The molecule has 0 bridgehead atoms. The summed E-state index contributed by atoms with van der Waals surface area (Å²) < 4.78 is 1.54. The van der Waals surface area contributed by atoms with E-state index in [1.165, 1.54) is 0 Å². The van der Waals surface area contributed by atoms with Gasteiger partial charge in [0.05, 0.1) is 34.2 Å². The lowest BCUT2D eigenvalue weighted by Gasteiger charge is -2.29. The molecular formula is C27H24Cl2N6O2. The number of carbonyl (C=O) groups excluding carboxylic acids is 1. The number of para-hydroxylation sites is 1. The van der Waals surface area contributed by atoms with E-state index in [1.807, 2.05) is 54.6 Å². The second kappa shape index (κ2) is 10.5. The summed E-state index contributed by atoms with van der Waals surface area (Å²) in [5.74, 6) is 0.434. The first-order valence-corrected chi connectivity index (χ1v) is 12.4. The quantitative estimate of drug-likeness (QED) is 0.300. The smallest absolute Gasteiger partial charge is 0.322 e. The largest absolute Gasteiger partial charge is 0.399 e. The van der Waals surface area contributed by atoms with Gasteiger partial charge in [-0.2, -0.15) is 0 Å². The van der Waals surface area contributed by atoms with Crippen molar-refractivity contribution in [3.05, 3.63) is 110 Å². The highest BCUT2D eigenvalue weighted by atomic mass is 35.5. The number of nitrogens with one attached hydrogen (secondary N) is 2. The fourth-order valence-electron chi connectivity index (χ4n) is 4.25. The van der Waals surface area contributed by atoms with Gasteiger partial charge in [-0.15, -0.1) is 0 Å². The minimum atomic E-state index is -0.357. The van der Waals surface area contributed by atoms with Crippen LogP contribution in [-0.4, -0.2) is 27.0 Å². The number of fused-ring (bicyclic) bond motifs is 1. The van der Waals surface area contributed by atoms with E-state index in [4.69, 9.17) is 33.9 Å². The summed E-state index contributed by atoms with van der Waals surface area (Å²) in [6.07, 6.45) is 0.439. The molecule has 0 unspecified atom stereocenters. The van der Waals surface area contributed by atoms with Gasteiger partial charge in [-0.25, -0.2) is 14.3 Å². The number of aromatic nitrogens is 2. The van der Waals surface area contributed by atoms with Crippen LogP contribution < -0.4 is 21.9 Å². The summed E-state index contributed by atoms with van der Waals surface area (Å²) in [4.78, 5) is 33.2. The Bertz CT molecular complexity index is 1520. The van der Waals surface area contributed by atoms with Crippen LogP contribution in [0.25, 0.3) is 5.69 Å². The van der Waals surface area contributed by atoms with Crippen LogP contribution in [0.2, 0.25) is 10.0 Å². The molecular weight excluding hydrogens is 511 g/mol. The van der Waals surface area contributed by atoms with Gasteiger partial charge in [-0.3, -0.25) is 4.79 Å². The number of benzene rings is 3. The average molecular weight is 535 g/mol. The highest BCUT2D eigenvalue weighted by Crippen LogP contribution is 2.26. The van der Waals surface area contributed by atoms with Gasteiger partial charge < -0.3 is 21.3 Å². The highest BCUT2D eigenvalue weighted by Gasteiger charge is 2.27. The summed E-state index contributed by atoms with van der Waals surface area (Å²) in [6, 6.07) is 21.3. The van der Waals surface area contributed by atoms with Crippen molar-refractivity contribution in [2.75, 3.05) is 22.9 Å². The number of urea groups is 1. The lowest BCUT2D eigenvalue weighted by atomic mass is 10.1. The fourth-order valence-corrected chi connectivity index (χ4v) is 4.71. The van der Waals surface area contributed by atoms with Gasteiger partial charge >= 0.3 is 6.03 Å². The molecule has 0 aliphatic carbocycles. The molecule has 1 aromatic heterocycles. The van der Waals surface area contributed by atoms with Crippen molar-refractivity contribution < 1.29 is 4.79 Å². The van der Waals surface area contributed by atoms with Crippen LogP contribution in [-0.2, 0) is 19.5 Å². The van der Waals surface area contributed by atoms with Gasteiger partial charge in [-0.1, -0.05) is 53.5 Å². The van der Waals surface area contributed by atoms with Crippen LogP contribution in [0.3, 0.4) is 0 Å². The number of halogens is 2. The third kappa shape index (κ3) is 5.40. The van der Waals surface area contributed by atoms with Crippen molar-refractivity contribution in [1.29, 1.82) is 0 Å². The molecule has 0 atom stereocenters. The first-order chi connectivity index (χ1) is 17.9. The van der Waals surface area contributed by atoms with E-state index >= 15 is 0 Å². The van der Waals surface area contributed by atoms with E-state index in [-0.39, 0.29) is 18.1 Å². The molecule has 10 heteroatoms. The standard InChI is InChI=1S/C27H24Cl2N6O2/c28-18-9-10-24(22(29)14-18)33-27(37)34-12-11-23-21(16-34)25(36)35(20-7-2-1-3-8-20)26(32-23)31-15-17-5-4-6-19(30)13-17/h1-10,13-14H,11-12,15-16,30H2,(H,31,32)(H,33,37). The average Bonchev–Trinajstić information content (AvgIpc) is 2.89. The van der Waals surface area contributed by atoms with Crippen molar-refractivity contribution in [2.45, 2.75) is 19.5 Å². The van der Waals surface area contributed by atoms with Gasteiger partial charge in [0.25, 0.3) is 5.56 Å². The molecule has 1 aliphatic rings. The summed E-state index contributed by atoms with van der Waals surface area (Å²) in [6.45, 7) is 0.973. The zero-order chi connectivity index (χ0) is 25.9. The van der Waals surface area contributed by atoms with Crippen molar-refractivity contribution in [3.8, 4) is 5.69 Å². The molecule has 37 heavy (non-hydrogen) atoms. The minimum absolute atomic E-state index is 0.126. The predicted molar refractivity (Wildman–Crippen MR) is 148 cm³/mol.